The Hall–Kier alpha value is -4.65. The second kappa shape index (κ2) is 11.1. The highest BCUT2D eigenvalue weighted by atomic mass is 16.2. The number of hydrogen-bond donors (Lipinski definition) is 1. The highest BCUT2D eigenvalue weighted by molar-refractivity contribution is 6.00. The van der Waals surface area contributed by atoms with Crippen molar-refractivity contribution in [3.8, 4) is 0 Å². The smallest absolute Gasteiger partial charge is 0.253 e. The Balaban J connectivity index is 1.18. The molecular weight excluding hydrogens is 512 g/mol. The molecule has 2 aliphatic rings. The van der Waals surface area contributed by atoms with Crippen LogP contribution >= 0.6 is 0 Å². The molecule has 2 saturated heterocycles. The summed E-state index contributed by atoms with van der Waals surface area (Å²) in [6.07, 6.45) is 0.997. The molecule has 0 bridgehead atoms. The van der Waals surface area contributed by atoms with Crippen molar-refractivity contribution in [2.24, 2.45) is 0 Å². The summed E-state index contributed by atoms with van der Waals surface area (Å²) in [5, 5.41) is 5.17. The molecule has 2 fully saturated rings. The number of fused-ring (bicyclic) bond motifs is 1. The number of likely N-dealkylation sites (tertiary alicyclic amines) is 1. The third-order valence-electron chi connectivity index (χ3n) is 8.47. The molecule has 1 N–H and O–H groups in total. The van der Waals surface area contributed by atoms with Crippen LogP contribution in [0.1, 0.15) is 41.7 Å². The molecule has 2 heterocycles. The van der Waals surface area contributed by atoms with E-state index in [9.17, 15) is 14.4 Å². The predicted octanol–water partition coefficient (Wildman–Crippen LogP) is 5.00. The van der Waals surface area contributed by atoms with Gasteiger partial charge in [0.05, 0.1) is 12.7 Å². The number of amides is 3. The molecule has 41 heavy (non-hydrogen) atoms. The summed E-state index contributed by atoms with van der Waals surface area (Å²) in [5.74, 6) is -0.265. The van der Waals surface area contributed by atoms with Crippen molar-refractivity contribution in [1.29, 1.82) is 0 Å². The lowest BCUT2D eigenvalue weighted by molar-refractivity contribution is -0.137. The lowest BCUT2D eigenvalue weighted by Gasteiger charge is -2.43. The zero-order chi connectivity index (χ0) is 28.4. The Labute approximate surface area is 240 Å². The van der Waals surface area contributed by atoms with Gasteiger partial charge in [-0.3, -0.25) is 14.4 Å². The van der Waals surface area contributed by atoms with Gasteiger partial charge in [0, 0.05) is 24.3 Å². The average Bonchev–Trinajstić information content (AvgIpc) is 3.27. The fourth-order valence-corrected chi connectivity index (χ4v) is 6.19. The fraction of sp³-hybridized carbons (Fsp3) is 0.265. The highest BCUT2D eigenvalue weighted by Gasteiger charge is 2.54. The number of nitrogens with one attached hydrogen (secondary N) is 1. The number of hydrogen-bond acceptors (Lipinski definition) is 4. The van der Waals surface area contributed by atoms with Crippen molar-refractivity contribution >= 4 is 34.2 Å². The summed E-state index contributed by atoms with van der Waals surface area (Å²) in [6.45, 7) is 3.19. The summed E-state index contributed by atoms with van der Waals surface area (Å²) in [7, 11) is 0. The first-order valence-corrected chi connectivity index (χ1v) is 14.2. The Bertz CT molecular complexity index is 1560. The molecule has 7 nitrogen and oxygen atoms in total. The van der Waals surface area contributed by atoms with Crippen LogP contribution < -0.4 is 10.2 Å². The van der Waals surface area contributed by atoms with Gasteiger partial charge in [0.25, 0.3) is 11.8 Å². The molecule has 4 aromatic rings. The molecule has 1 atom stereocenters. The van der Waals surface area contributed by atoms with Gasteiger partial charge in [0.2, 0.25) is 5.91 Å². The maximum Gasteiger partial charge on any atom is 0.253 e. The molecule has 208 valence electrons. The molecule has 7 heteroatoms. The van der Waals surface area contributed by atoms with Gasteiger partial charge in [-0.25, -0.2) is 0 Å². The van der Waals surface area contributed by atoms with E-state index in [0.29, 0.717) is 38.2 Å². The normalized spacial score (nSPS) is 17.2. The van der Waals surface area contributed by atoms with Crippen LogP contribution in [0, 0.1) is 0 Å². The maximum atomic E-state index is 14.1. The first-order valence-electron chi connectivity index (χ1n) is 14.2. The monoisotopic (exact) mass is 546 g/mol. The van der Waals surface area contributed by atoms with Crippen LogP contribution in [-0.4, -0.2) is 59.4 Å². The number of piperidine rings is 1. The minimum Gasteiger partial charge on any atom is -0.348 e. The first-order chi connectivity index (χ1) is 19.9. The molecule has 6 rings (SSSR count). The van der Waals surface area contributed by atoms with Crippen molar-refractivity contribution in [3.63, 3.8) is 0 Å². The lowest BCUT2D eigenvalue weighted by atomic mass is 9.85. The van der Waals surface area contributed by atoms with E-state index >= 15 is 0 Å². The van der Waals surface area contributed by atoms with Gasteiger partial charge in [-0.05, 0) is 60.4 Å². The van der Waals surface area contributed by atoms with Gasteiger partial charge in [-0.2, -0.15) is 0 Å². The number of para-hydroxylation sites is 1. The Morgan fingerprint density at radius 2 is 1.46 bits per heavy atom. The molecule has 1 unspecified atom stereocenters. The van der Waals surface area contributed by atoms with E-state index < -0.39 is 5.54 Å². The molecule has 2 aliphatic heterocycles. The molecule has 0 radical (unpaired) electrons. The number of anilines is 1. The SMILES string of the molecule is CC(NC(=O)CN1CN(c2ccccc2)C2(CCN(C(=O)c3ccc4ccccc4c3)CC2)C1=O)c1ccccc1. The Morgan fingerprint density at radius 1 is 0.829 bits per heavy atom. The van der Waals surface area contributed by atoms with Crippen LogP contribution in [0.2, 0.25) is 0 Å². The predicted molar refractivity (Wildman–Crippen MR) is 160 cm³/mol. The van der Waals surface area contributed by atoms with E-state index in [-0.39, 0.29) is 30.3 Å². The quantitative estimate of drug-likeness (QED) is 0.370. The Kier molecular flexibility index (Phi) is 7.18. The van der Waals surface area contributed by atoms with E-state index in [1.54, 1.807) is 4.90 Å². The topological polar surface area (TPSA) is 73.0 Å². The number of carbonyl (C=O) groups is 3. The number of carbonyl (C=O) groups excluding carboxylic acids is 3. The van der Waals surface area contributed by atoms with Gasteiger partial charge < -0.3 is 20.0 Å². The van der Waals surface area contributed by atoms with E-state index in [1.165, 1.54) is 0 Å². The molecule has 1 spiro atoms. The zero-order valence-electron chi connectivity index (χ0n) is 23.2. The molecule has 0 aromatic heterocycles. The van der Waals surface area contributed by atoms with Crippen molar-refractivity contribution in [2.45, 2.75) is 31.3 Å². The first kappa shape index (κ1) is 26.6. The molecule has 0 saturated carbocycles. The minimum absolute atomic E-state index is 0.0131. The fourth-order valence-electron chi connectivity index (χ4n) is 6.19. The van der Waals surface area contributed by atoms with Crippen molar-refractivity contribution in [3.05, 3.63) is 114 Å². The number of rotatable bonds is 6. The largest absolute Gasteiger partial charge is 0.348 e. The highest BCUT2D eigenvalue weighted by Crippen LogP contribution is 2.39. The molecular formula is C34H34N4O3. The molecule has 0 aliphatic carbocycles. The molecule has 4 aromatic carbocycles. The lowest BCUT2D eigenvalue weighted by Crippen LogP contribution is -2.57. The van der Waals surface area contributed by atoms with Crippen LogP contribution in [0.4, 0.5) is 5.69 Å². The van der Waals surface area contributed by atoms with Crippen molar-refractivity contribution in [2.75, 3.05) is 31.2 Å². The average molecular weight is 547 g/mol. The second-order valence-electron chi connectivity index (χ2n) is 11.0. The summed E-state index contributed by atoms with van der Waals surface area (Å²) >= 11 is 0. The van der Waals surface area contributed by atoms with Crippen LogP contribution in [0.15, 0.2) is 103 Å². The van der Waals surface area contributed by atoms with E-state index in [0.717, 1.165) is 22.0 Å². The third kappa shape index (κ3) is 5.15. The Morgan fingerprint density at radius 3 is 2.17 bits per heavy atom. The van der Waals surface area contributed by atoms with Gasteiger partial charge in [0.15, 0.2) is 0 Å². The summed E-state index contributed by atoms with van der Waals surface area (Å²) in [5.41, 5.74) is 1.81. The third-order valence-corrected chi connectivity index (χ3v) is 8.47. The summed E-state index contributed by atoms with van der Waals surface area (Å²) in [4.78, 5) is 46.2. The van der Waals surface area contributed by atoms with Crippen molar-refractivity contribution in [1.82, 2.24) is 15.1 Å². The molecule has 3 amide bonds. The van der Waals surface area contributed by atoms with Crippen LogP contribution in [0.25, 0.3) is 10.8 Å². The standard InChI is InChI=1S/C34H34N4O3/c1-25(26-10-4-2-5-11-26)35-31(39)23-37-24-38(30-14-6-3-7-15-30)34(33(37)41)18-20-36(21-19-34)32(40)29-17-16-27-12-8-9-13-28(27)22-29/h2-17,22,25H,18-21,23-24H2,1H3,(H,35,39). The van der Waals surface area contributed by atoms with E-state index in [4.69, 9.17) is 0 Å². The number of nitrogens with zero attached hydrogens (tertiary/aromatic N) is 3. The summed E-state index contributed by atoms with van der Waals surface area (Å²) in [6, 6.07) is 33.3. The van der Waals surface area contributed by atoms with Gasteiger partial charge in [0.1, 0.15) is 12.1 Å². The van der Waals surface area contributed by atoms with Crippen LogP contribution in [-0.2, 0) is 9.59 Å². The second-order valence-corrected chi connectivity index (χ2v) is 11.0. The van der Waals surface area contributed by atoms with Gasteiger partial charge in [-0.15, -0.1) is 0 Å². The zero-order valence-corrected chi connectivity index (χ0v) is 23.2. The van der Waals surface area contributed by atoms with Gasteiger partial charge in [-0.1, -0.05) is 78.9 Å². The van der Waals surface area contributed by atoms with Gasteiger partial charge >= 0.3 is 0 Å². The van der Waals surface area contributed by atoms with Crippen LogP contribution in [0.5, 0.6) is 0 Å². The van der Waals surface area contributed by atoms with E-state index in [2.05, 4.69) is 10.2 Å². The van der Waals surface area contributed by atoms with Crippen molar-refractivity contribution < 1.29 is 14.4 Å². The maximum absolute atomic E-state index is 14.1. The van der Waals surface area contributed by atoms with Crippen LogP contribution in [0.3, 0.4) is 0 Å². The number of benzene rings is 4. The summed E-state index contributed by atoms with van der Waals surface area (Å²) < 4.78 is 0. The minimum atomic E-state index is -0.799. The van der Waals surface area contributed by atoms with E-state index in [1.807, 2.05) is 115 Å².